The lowest BCUT2D eigenvalue weighted by Gasteiger charge is -2.08. The number of aromatic nitrogens is 2. The first-order chi connectivity index (χ1) is 10.6. The highest BCUT2D eigenvalue weighted by Gasteiger charge is 2.15. The molecule has 3 N–H and O–H groups in total. The number of hydrogen-bond donors (Lipinski definition) is 3. The Morgan fingerprint density at radius 1 is 1.23 bits per heavy atom. The number of anilines is 1. The van der Waals surface area contributed by atoms with E-state index in [0.717, 1.165) is 5.56 Å². The van der Waals surface area contributed by atoms with Crippen molar-refractivity contribution in [1.82, 2.24) is 15.5 Å². The van der Waals surface area contributed by atoms with Gasteiger partial charge in [-0.2, -0.15) is 5.10 Å². The third kappa shape index (κ3) is 4.31. The number of carbonyl (C=O) groups excluding carboxylic acids is 2. The van der Waals surface area contributed by atoms with E-state index in [-0.39, 0.29) is 23.6 Å². The molecular weight excluding hydrogens is 280 g/mol. The fourth-order valence-electron chi connectivity index (χ4n) is 1.80. The quantitative estimate of drug-likeness (QED) is 0.740. The smallest absolute Gasteiger partial charge is 0.271 e. The molecule has 22 heavy (non-hydrogen) atoms. The molecule has 0 aliphatic heterocycles. The van der Waals surface area contributed by atoms with Crippen molar-refractivity contribution in [3.8, 4) is 0 Å². The number of H-pyrrole nitrogens is 1. The number of amides is 2. The van der Waals surface area contributed by atoms with Crippen molar-refractivity contribution in [2.24, 2.45) is 0 Å². The van der Waals surface area contributed by atoms with Crippen molar-refractivity contribution in [2.75, 3.05) is 5.32 Å². The Balaban J connectivity index is 2.02. The van der Waals surface area contributed by atoms with Crippen molar-refractivity contribution in [3.05, 3.63) is 53.9 Å². The standard InChI is InChI=1S/C16H18N4O2/c1-11(2)18-16(22)15-13(10-17-20-15)19-14(21)9-8-12-6-4-3-5-7-12/h3-11H,1-2H3,(H,17,20)(H,18,22)(H,19,21). The van der Waals surface area contributed by atoms with Gasteiger partial charge in [0.25, 0.3) is 5.91 Å². The lowest BCUT2D eigenvalue weighted by molar-refractivity contribution is -0.111. The Hall–Kier alpha value is -2.89. The molecule has 0 radical (unpaired) electrons. The summed E-state index contributed by atoms with van der Waals surface area (Å²) < 4.78 is 0. The van der Waals surface area contributed by atoms with E-state index in [0.29, 0.717) is 5.69 Å². The summed E-state index contributed by atoms with van der Waals surface area (Å²) in [5.74, 6) is -0.640. The Labute approximate surface area is 128 Å². The number of hydrogen-bond acceptors (Lipinski definition) is 3. The van der Waals surface area contributed by atoms with Gasteiger partial charge in [0.15, 0.2) is 0 Å². The van der Waals surface area contributed by atoms with Gasteiger partial charge in [-0.3, -0.25) is 14.7 Å². The van der Waals surface area contributed by atoms with Crippen LogP contribution in [0.15, 0.2) is 42.6 Å². The monoisotopic (exact) mass is 298 g/mol. The average Bonchev–Trinajstić information content (AvgIpc) is 2.94. The number of nitrogens with zero attached hydrogens (tertiary/aromatic N) is 1. The van der Waals surface area contributed by atoms with Crippen LogP contribution in [0.1, 0.15) is 29.9 Å². The average molecular weight is 298 g/mol. The fourth-order valence-corrected chi connectivity index (χ4v) is 1.80. The first kappa shape index (κ1) is 15.5. The summed E-state index contributed by atoms with van der Waals surface area (Å²) in [5.41, 5.74) is 1.50. The highest BCUT2D eigenvalue weighted by molar-refractivity contribution is 6.06. The molecule has 2 aromatic rings. The van der Waals surface area contributed by atoms with E-state index in [2.05, 4.69) is 20.8 Å². The van der Waals surface area contributed by atoms with Crippen LogP contribution in [0.5, 0.6) is 0 Å². The molecule has 0 aliphatic rings. The van der Waals surface area contributed by atoms with E-state index in [9.17, 15) is 9.59 Å². The lowest BCUT2D eigenvalue weighted by Crippen LogP contribution is -2.31. The summed E-state index contributed by atoms with van der Waals surface area (Å²) in [6.45, 7) is 3.71. The predicted molar refractivity (Wildman–Crippen MR) is 85.3 cm³/mol. The van der Waals surface area contributed by atoms with Crippen molar-refractivity contribution in [3.63, 3.8) is 0 Å². The van der Waals surface area contributed by atoms with E-state index in [1.54, 1.807) is 6.08 Å². The Bertz CT molecular complexity index is 674. The molecule has 6 heteroatoms. The van der Waals surface area contributed by atoms with Crippen LogP contribution >= 0.6 is 0 Å². The van der Waals surface area contributed by atoms with Crippen LogP contribution < -0.4 is 10.6 Å². The maximum Gasteiger partial charge on any atom is 0.271 e. The van der Waals surface area contributed by atoms with Crippen LogP contribution in [0.3, 0.4) is 0 Å². The Morgan fingerprint density at radius 2 is 1.95 bits per heavy atom. The molecule has 0 bridgehead atoms. The number of aromatic amines is 1. The zero-order chi connectivity index (χ0) is 15.9. The highest BCUT2D eigenvalue weighted by Crippen LogP contribution is 2.12. The van der Waals surface area contributed by atoms with Crippen LogP contribution in [0.2, 0.25) is 0 Å². The third-order valence-electron chi connectivity index (χ3n) is 2.77. The number of carbonyl (C=O) groups is 2. The maximum atomic E-state index is 11.9. The van der Waals surface area contributed by atoms with E-state index in [4.69, 9.17) is 0 Å². The maximum absolute atomic E-state index is 11.9. The van der Waals surface area contributed by atoms with Crippen molar-refractivity contribution in [2.45, 2.75) is 19.9 Å². The number of nitrogens with one attached hydrogen (secondary N) is 3. The SMILES string of the molecule is CC(C)NC(=O)c1[nH]ncc1NC(=O)C=Cc1ccccc1. The summed E-state index contributed by atoms with van der Waals surface area (Å²) in [5, 5.41) is 11.8. The van der Waals surface area contributed by atoms with E-state index < -0.39 is 0 Å². The first-order valence-electron chi connectivity index (χ1n) is 6.94. The minimum absolute atomic E-state index is 0.00247. The van der Waals surface area contributed by atoms with Crippen LogP contribution in [0, 0.1) is 0 Å². The van der Waals surface area contributed by atoms with Crippen molar-refractivity contribution in [1.29, 1.82) is 0 Å². The largest absolute Gasteiger partial charge is 0.348 e. The normalized spacial score (nSPS) is 10.9. The summed E-state index contributed by atoms with van der Waals surface area (Å²) in [6.07, 6.45) is 4.51. The first-order valence-corrected chi connectivity index (χ1v) is 6.94. The molecule has 0 saturated heterocycles. The molecule has 0 atom stereocenters. The van der Waals surface area contributed by atoms with Gasteiger partial charge in [0.05, 0.1) is 11.9 Å². The second-order valence-electron chi connectivity index (χ2n) is 5.02. The molecule has 0 aliphatic carbocycles. The number of benzene rings is 1. The number of rotatable bonds is 5. The highest BCUT2D eigenvalue weighted by atomic mass is 16.2. The van der Waals surface area contributed by atoms with Crippen molar-refractivity contribution < 1.29 is 9.59 Å². The van der Waals surface area contributed by atoms with E-state index >= 15 is 0 Å². The molecule has 6 nitrogen and oxygen atoms in total. The second-order valence-corrected chi connectivity index (χ2v) is 5.02. The molecule has 2 amide bonds. The van der Waals surface area contributed by atoms with E-state index in [1.807, 2.05) is 44.2 Å². The molecule has 1 aromatic heterocycles. The van der Waals surface area contributed by atoms with Gasteiger partial charge in [0.1, 0.15) is 5.69 Å². The summed E-state index contributed by atoms with van der Waals surface area (Å²) in [4.78, 5) is 23.9. The minimum atomic E-state index is -0.330. The van der Waals surface area contributed by atoms with Gasteiger partial charge in [-0.25, -0.2) is 0 Å². The molecule has 0 spiro atoms. The summed E-state index contributed by atoms with van der Waals surface area (Å²) in [7, 11) is 0. The molecule has 1 heterocycles. The van der Waals surface area contributed by atoms with Crippen LogP contribution in [-0.4, -0.2) is 28.1 Å². The van der Waals surface area contributed by atoms with Gasteiger partial charge in [-0.1, -0.05) is 30.3 Å². The Kier molecular flexibility index (Phi) is 5.08. The second kappa shape index (κ2) is 7.21. The lowest BCUT2D eigenvalue weighted by atomic mass is 10.2. The Morgan fingerprint density at radius 3 is 2.64 bits per heavy atom. The zero-order valence-electron chi connectivity index (χ0n) is 12.5. The molecular formula is C16H18N4O2. The predicted octanol–water partition coefficient (Wildman–Crippen LogP) is 2.20. The van der Waals surface area contributed by atoms with Crippen LogP contribution in [-0.2, 0) is 4.79 Å². The van der Waals surface area contributed by atoms with E-state index in [1.165, 1.54) is 12.3 Å². The van der Waals surface area contributed by atoms with Gasteiger partial charge < -0.3 is 10.6 Å². The summed E-state index contributed by atoms with van der Waals surface area (Å²) in [6, 6.07) is 9.47. The van der Waals surface area contributed by atoms with Crippen molar-refractivity contribution >= 4 is 23.6 Å². The molecule has 2 rings (SSSR count). The van der Waals surface area contributed by atoms with Gasteiger partial charge >= 0.3 is 0 Å². The molecule has 0 saturated carbocycles. The van der Waals surface area contributed by atoms with Crippen LogP contribution in [0.4, 0.5) is 5.69 Å². The molecule has 114 valence electrons. The minimum Gasteiger partial charge on any atom is -0.348 e. The van der Waals surface area contributed by atoms with Crippen LogP contribution in [0.25, 0.3) is 6.08 Å². The fraction of sp³-hybridized carbons (Fsp3) is 0.188. The summed E-state index contributed by atoms with van der Waals surface area (Å²) >= 11 is 0. The molecule has 1 aromatic carbocycles. The van der Waals surface area contributed by atoms with Gasteiger partial charge in [0.2, 0.25) is 5.91 Å². The van der Waals surface area contributed by atoms with Gasteiger partial charge in [-0.15, -0.1) is 0 Å². The van der Waals surface area contributed by atoms with Gasteiger partial charge in [-0.05, 0) is 25.5 Å². The molecule has 0 fully saturated rings. The topological polar surface area (TPSA) is 86.9 Å². The zero-order valence-corrected chi connectivity index (χ0v) is 12.5. The van der Waals surface area contributed by atoms with Gasteiger partial charge in [0, 0.05) is 12.1 Å². The third-order valence-corrected chi connectivity index (χ3v) is 2.77. The molecule has 0 unspecified atom stereocenters.